The number of hydrogen-bond acceptors (Lipinski definition) is 3. The molecule has 0 aromatic heterocycles. The van der Waals surface area contributed by atoms with Crippen LogP contribution in [0.15, 0.2) is 0 Å². The van der Waals surface area contributed by atoms with Crippen LogP contribution in [0.2, 0.25) is 0 Å². The maximum absolute atomic E-state index is 5.56. The van der Waals surface area contributed by atoms with E-state index in [0.29, 0.717) is 6.10 Å². The van der Waals surface area contributed by atoms with Crippen LogP contribution >= 0.6 is 0 Å². The Hall–Kier alpha value is -0.120. The van der Waals surface area contributed by atoms with Crippen molar-refractivity contribution < 1.29 is 4.74 Å². The second-order valence-corrected chi connectivity index (χ2v) is 5.87. The fourth-order valence-electron chi connectivity index (χ4n) is 2.52. The van der Waals surface area contributed by atoms with Crippen LogP contribution in [0.4, 0.5) is 0 Å². The van der Waals surface area contributed by atoms with Crippen molar-refractivity contribution in [1.29, 1.82) is 0 Å². The van der Waals surface area contributed by atoms with Crippen molar-refractivity contribution in [2.75, 3.05) is 33.3 Å². The number of likely N-dealkylation sites (N-methyl/N-ethyl adjacent to an activating group) is 1. The van der Waals surface area contributed by atoms with Gasteiger partial charge in [-0.2, -0.15) is 0 Å². The molecule has 1 saturated carbocycles. The molecule has 0 aromatic rings. The maximum Gasteiger partial charge on any atom is 0.0596 e. The van der Waals surface area contributed by atoms with Crippen molar-refractivity contribution in [3.05, 3.63) is 0 Å². The van der Waals surface area contributed by atoms with Gasteiger partial charge in [0, 0.05) is 12.6 Å². The van der Waals surface area contributed by atoms with Gasteiger partial charge in [-0.15, -0.1) is 0 Å². The summed E-state index contributed by atoms with van der Waals surface area (Å²) in [5.74, 6) is 0. The molecule has 3 nitrogen and oxygen atoms in total. The highest BCUT2D eigenvalue weighted by molar-refractivity contribution is 4.71. The zero-order chi connectivity index (χ0) is 13.2. The third-order valence-electron chi connectivity index (χ3n) is 3.68. The molecule has 3 heteroatoms. The van der Waals surface area contributed by atoms with Gasteiger partial charge in [0.15, 0.2) is 0 Å². The second-order valence-electron chi connectivity index (χ2n) is 5.87. The zero-order valence-corrected chi connectivity index (χ0v) is 12.6. The van der Waals surface area contributed by atoms with Crippen molar-refractivity contribution in [1.82, 2.24) is 10.2 Å². The molecule has 0 heterocycles. The van der Waals surface area contributed by atoms with Crippen LogP contribution in [-0.4, -0.2) is 50.3 Å². The fraction of sp³-hybridized carbons (Fsp3) is 1.00. The Morgan fingerprint density at radius 1 is 1.17 bits per heavy atom. The first-order valence-electron chi connectivity index (χ1n) is 7.72. The number of ether oxygens (including phenoxy) is 1. The molecular weight excluding hydrogens is 224 g/mol. The van der Waals surface area contributed by atoms with Crippen molar-refractivity contribution in [2.24, 2.45) is 0 Å². The minimum Gasteiger partial charge on any atom is -0.377 e. The first-order chi connectivity index (χ1) is 8.68. The molecule has 1 rings (SSSR count). The lowest BCUT2D eigenvalue weighted by Gasteiger charge is -2.23. The first kappa shape index (κ1) is 15.9. The number of hydrogen-bond donors (Lipinski definition) is 1. The quantitative estimate of drug-likeness (QED) is 0.642. The molecular formula is C15H32N2O. The lowest BCUT2D eigenvalue weighted by atomic mass is 9.95. The average Bonchev–Trinajstić information content (AvgIpc) is 2.35. The summed E-state index contributed by atoms with van der Waals surface area (Å²) in [6.07, 6.45) is 8.65. The summed E-state index contributed by atoms with van der Waals surface area (Å²) >= 11 is 0. The number of nitrogens with zero attached hydrogens (tertiary/aromatic N) is 1. The third kappa shape index (κ3) is 8.06. The molecule has 1 fully saturated rings. The van der Waals surface area contributed by atoms with Crippen molar-refractivity contribution in [2.45, 2.75) is 64.5 Å². The molecule has 108 valence electrons. The minimum absolute atomic E-state index is 0.353. The number of nitrogens with one attached hydrogen (secondary N) is 1. The highest BCUT2D eigenvalue weighted by atomic mass is 16.5. The Balaban J connectivity index is 1.89. The smallest absolute Gasteiger partial charge is 0.0596 e. The minimum atomic E-state index is 0.353. The average molecular weight is 256 g/mol. The van der Waals surface area contributed by atoms with Crippen molar-refractivity contribution in [3.63, 3.8) is 0 Å². The van der Waals surface area contributed by atoms with Crippen LogP contribution in [0.3, 0.4) is 0 Å². The van der Waals surface area contributed by atoms with Gasteiger partial charge in [-0.05, 0) is 53.2 Å². The molecule has 0 radical (unpaired) electrons. The molecule has 0 aromatic carbocycles. The van der Waals surface area contributed by atoms with Gasteiger partial charge in [0.1, 0.15) is 0 Å². The van der Waals surface area contributed by atoms with Crippen LogP contribution in [0.5, 0.6) is 0 Å². The van der Waals surface area contributed by atoms with E-state index in [2.05, 4.69) is 31.1 Å². The van der Waals surface area contributed by atoms with Crippen molar-refractivity contribution in [3.8, 4) is 0 Å². The SMILES string of the molecule is CC(C)OCCN(C)CCCNC1CCCCC1. The second kappa shape index (κ2) is 9.76. The molecule has 0 unspecified atom stereocenters. The van der Waals surface area contributed by atoms with Crippen LogP contribution in [0.25, 0.3) is 0 Å². The summed E-state index contributed by atoms with van der Waals surface area (Å²) < 4.78 is 5.56. The molecule has 1 aliphatic rings. The van der Waals surface area contributed by atoms with E-state index < -0.39 is 0 Å². The van der Waals surface area contributed by atoms with E-state index in [1.165, 1.54) is 51.6 Å². The molecule has 0 aliphatic heterocycles. The van der Waals surface area contributed by atoms with Gasteiger partial charge < -0.3 is 15.0 Å². The van der Waals surface area contributed by atoms with E-state index in [0.717, 1.165) is 19.2 Å². The van der Waals surface area contributed by atoms with Crippen molar-refractivity contribution >= 4 is 0 Å². The Labute approximate surface area is 113 Å². The largest absolute Gasteiger partial charge is 0.377 e. The predicted octanol–water partition coefficient (Wildman–Crippen LogP) is 2.66. The summed E-state index contributed by atoms with van der Waals surface area (Å²) in [7, 11) is 2.18. The summed E-state index contributed by atoms with van der Waals surface area (Å²) in [5.41, 5.74) is 0. The van der Waals surface area contributed by atoms with Crippen LogP contribution in [-0.2, 0) is 4.74 Å². The third-order valence-corrected chi connectivity index (χ3v) is 3.68. The van der Waals surface area contributed by atoms with Gasteiger partial charge in [0.2, 0.25) is 0 Å². The summed E-state index contributed by atoms with van der Waals surface area (Å²) in [6, 6.07) is 0.799. The Bertz CT molecular complexity index is 191. The molecule has 1 N–H and O–H groups in total. The van der Waals surface area contributed by atoms with Gasteiger partial charge in [-0.1, -0.05) is 19.3 Å². The van der Waals surface area contributed by atoms with E-state index in [1.807, 2.05) is 0 Å². The molecule has 0 atom stereocenters. The van der Waals surface area contributed by atoms with E-state index in [1.54, 1.807) is 0 Å². The van der Waals surface area contributed by atoms with Gasteiger partial charge in [-0.25, -0.2) is 0 Å². The number of rotatable bonds is 9. The van der Waals surface area contributed by atoms with Gasteiger partial charge in [0.05, 0.1) is 12.7 Å². The highest BCUT2D eigenvalue weighted by Gasteiger charge is 2.11. The Morgan fingerprint density at radius 2 is 1.89 bits per heavy atom. The Morgan fingerprint density at radius 3 is 2.56 bits per heavy atom. The van der Waals surface area contributed by atoms with Gasteiger partial charge in [0.25, 0.3) is 0 Å². The molecule has 0 saturated heterocycles. The monoisotopic (exact) mass is 256 g/mol. The molecule has 1 aliphatic carbocycles. The van der Waals surface area contributed by atoms with E-state index in [-0.39, 0.29) is 0 Å². The van der Waals surface area contributed by atoms with E-state index in [9.17, 15) is 0 Å². The van der Waals surface area contributed by atoms with Crippen LogP contribution in [0, 0.1) is 0 Å². The van der Waals surface area contributed by atoms with Gasteiger partial charge >= 0.3 is 0 Å². The zero-order valence-electron chi connectivity index (χ0n) is 12.6. The van der Waals surface area contributed by atoms with Crippen LogP contribution in [0.1, 0.15) is 52.4 Å². The van der Waals surface area contributed by atoms with E-state index >= 15 is 0 Å². The van der Waals surface area contributed by atoms with E-state index in [4.69, 9.17) is 4.74 Å². The first-order valence-corrected chi connectivity index (χ1v) is 7.72. The fourth-order valence-corrected chi connectivity index (χ4v) is 2.52. The lowest BCUT2D eigenvalue weighted by molar-refractivity contribution is 0.0637. The molecule has 0 amide bonds. The summed E-state index contributed by atoms with van der Waals surface area (Å²) in [5, 5.41) is 3.69. The summed E-state index contributed by atoms with van der Waals surface area (Å²) in [4.78, 5) is 2.37. The topological polar surface area (TPSA) is 24.5 Å². The molecule has 0 bridgehead atoms. The Kier molecular flexibility index (Phi) is 8.64. The summed E-state index contributed by atoms with van der Waals surface area (Å²) in [6.45, 7) is 8.41. The molecule has 0 spiro atoms. The van der Waals surface area contributed by atoms with Gasteiger partial charge in [-0.3, -0.25) is 0 Å². The lowest BCUT2D eigenvalue weighted by Crippen LogP contribution is -2.34. The maximum atomic E-state index is 5.56. The standard InChI is InChI=1S/C15H32N2O/c1-14(2)18-13-12-17(3)11-7-10-16-15-8-5-4-6-9-15/h14-16H,4-13H2,1-3H3. The normalized spacial score (nSPS) is 17.8. The predicted molar refractivity (Wildman–Crippen MR) is 78.1 cm³/mol. The molecule has 18 heavy (non-hydrogen) atoms. The highest BCUT2D eigenvalue weighted by Crippen LogP contribution is 2.17. The van der Waals surface area contributed by atoms with Crippen LogP contribution < -0.4 is 5.32 Å².